The van der Waals surface area contributed by atoms with Crippen LogP contribution < -0.4 is 5.32 Å². The van der Waals surface area contributed by atoms with Crippen LogP contribution >= 0.6 is 0 Å². The summed E-state index contributed by atoms with van der Waals surface area (Å²) in [6.45, 7) is 6.25. The quantitative estimate of drug-likeness (QED) is 0.923. The molecule has 2 fully saturated rings. The van der Waals surface area contributed by atoms with Gasteiger partial charge in [0.2, 0.25) is 0 Å². The van der Waals surface area contributed by atoms with Crippen molar-refractivity contribution in [2.75, 3.05) is 26.2 Å². The average molecular weight is 297 g/mol. The van der Waals surface area contributed by atoms with Crippen molar-refractivity contribution in [2.24, 2.45) is 0 Å². The van der Waals surface area contributed by atoms with Gasteiger partial charge in [0.25, 0.3) is 0 Å². The summed E-state index contributed by atoms with van der Waals surface area (Å²) in [4.78, 5) is 25.3. The van der Waals surface area contributed by atoms with Crippen LogP contribution in [-0.2, 0) is 6.54 Å². The lowest BCUT2D eigenvalue weighted by molar-refractivity contribution is 0.0577. The molecule has 114 valence electrons. The second-order valence-electron chi connectivity index (χ2n) is 6.02. The van der Waals surface area contributed by atoms with Gasteiger partial charge in [-0.2, -0.15) is 0 Å². The number of carbonyl (C=O) groups is 1. The number of fused-ring (bicyclic) bond motifs is 1. The number of urea groups is 1. The molecule has 4 rings (SSSR count). The lowest BCUT2D eigenvalue weighted by Gasteiger charge is -2.43. The third-order valence-electron chi connectivity index (χ3n) is 4.48. The number of hydrogen-bond donors (Lipinski definition) is 1. The molecule has 2 aromatic rings. The highest BCUT2D eigenvalue weighted by Gasteiger charge is 2.36. The molecule has 3 heterocycles. The van der Waals surface area contributed by atoms with E-state index < -0.39 is 0 Å². The summed E-state index contributed by atoms with van der Waals surface area (Å²) >= 11 is 0. The molecule has 0 unspecified atom stereocenters. The molecule has 0 aliphatic carbocycles. The molecular formula is C16H19N5O. The van der Waals surface area contributed by atoms with Crippen molar-refractivity contribution in [1.82, 2.24) is 25.1 Å². The summed E-state index contributed by atoms with van der Waals surface area (Å²) in [7, 11) is 0. The first-order valence-electron chi connectivity index (χ1n) is 7.70. The molecular weight excluding hydrogens is 278 g/mol. The highest BCUT2D eigenvalue weighted by Crippen LogP contribution is 2.20. The van der Waals surface area contributed by atoms with Crippen molar-refractivity contribution in [3.05, 3.63) is 35.7 Å². The minimum absolute atomic E-state index is 0.0753. The van der Waals surface area contributed by atoms with Crippen molar-refractivity contribution in [3.8, 4) is 0 Å². The molecule has 2 amide bonds. The van der Waals surface area contributed by atoms with Crippen molar-refractivity contribution in [2.45, 2.75) is 19.5 Å². The van der Waals surface area contributed by atoms with E-state index in [1.54, 1.807) is 0 Å². The van der Waals surface area contributed by atoms with E-state index in [9.17, 15) is 4.79 Å². The maximum absolute atomic E-state index is 11.6. The third-order valence-corrected chi connectivity index (χ3v) is 4.48. The highest BCUT2D eigenvalue weighted by atomic mass is 16.2. The number of likely N-dealkylation sites (tertiary alicyclic amines) is 1. The summed E-state index contributed by atoms with van der Waals surface area (Å²) in [6, 6.07) is 8.38. The zero-order valence-electron chi connectivity index (χ0n) is 12.6. The van der Waals surface area contributed by atoms with Gasteiger partial charge in [-0.3, -0.25) is 4.90 Å². The van der Waals surface area contributed by atoms with Crippen LogP contribution in [0.3, 0.4) is 0 Å². The van der Waals surface area contributed by atoms with E-state index in [-0.39, 0.29) is 6.03 Å². The monoisotopic (exact) mass is 297 g/mol. The Morgan fingerprint density at radius 2 is 1.95 bits per heavy atom. The zero-order chi connectivity index (χ0) is 15.1. The molecule has 6 heteroatoms. The molecule has 0 atom stereocenters. The lowest BCUT2D eigenvalue weighted by Crippen LogP contribution is -2.59. The number of rotatable bonds is 3. The Kier molecular flexibility index (Phi) is 3.18. The van der Waals surface area contributed by atoms with Crippen molar-refractivity contribution in [1.29, 1.82) is 0 Å². The van der Waals surface area contributed by atoms with Crippen LogP contribution in [-0.4, -0.2) is 58.0 Å². The molecule has 2 saturated heterocycles. The summed E-state index contributed by atoms with van der Waals surface area (Å²) in [6.07, 6.45) is 0. The lowest BCUT2D eigenvalue weighted by atomic mass is 10.1. The minimum Gasteiger partial charge on any atom is -0.336 e. The second kappa shape index (κ2) is 5.21. The van der Waals surface area contributed by atoms with Crippen LogP contribution in [0.4, 0.5) is 4.79 Å². The number of nitrogens with one attached hydrogen (secondary N) is 1. The molecule has 0 spiro atoms. The Hall–Kier alpha value is -2.21. The predicted molar refractivity (Wildman–Crippen MR) is 83.4 cm³/mol. The van der Waals surface area contributed by atoms with E-state index >= 15 is 0 Å². The fourth-order valence-electron chi connectivity index (χ4n) is 3.19. The maximum atomic E-state index is 11.6. The maximum Gasteiger partial charge on any atom is 0.317 e. The molecule has 1 aromatic heterocycles. The SMILES string of the molecule is Cc1nc2ccccc2nc1CN1CC(N2CCNC2=O)C1. The number of aryl methyl sites for hydroxylation is 1. The van der Waals surface area contributed by atoms with E-state index in [0.717, 1.165) is 55.1 Å². The van der Waals surface area contributed by atoms with Gasteiger partial charge in [-0.25, -0.2) is 14.8 Å². The van der Waals surface area contributed by atoms with Crippen LogP contribution in [0.1, 0.15) is 11.4 Å². The molecule has 0 bridgehead atoms. The standard InChI is InChI=1S/C16H19N5O/c1-11-15(19-14-5-3-2-4-13(14)18-11)10-20-8-12(9-20)21-7-6-17-16(21)22/h2-5,12H,6-10H2,1H3,(H,17,22). The Morgan fingerprint density at radius 3 is 2.64 bits per heavy atom. The third kappa shape index (κ3) is 2.29. The molecule has 0 saturated carbocycles. The smallest absolute Gasteiger partial charge is 0.317 e. The first-order chi connectivity index (χ1) is 10.7. The van der Waals surface area contributed by atoms with Crippen LogP contribution in [0.15, 0.2) is 24.3 Å². The average Bonchev–Trinajstić information content (AvgIpc) is 2.88. The van der Waals surface area contributed by atoms with Gasteiger partial charge in [-0.1, -0.05) is 12.1 Å². The fourth-order valence-corrected chi connectivity index (χ4v) is 3.19. The number of benzene rings is 1. The summed E-state index contributed by atoms with van der Waals surface area (Å²) in [5, 5.41) is 2.86. The van der Waals surface area contributed by atoms with Gasteiger partial charge in [-0.05, 0) is 19.1 Å². The van der Waals surface area contributed by atoms with Crippen LogP contribution in [0.5, 0.6) is 0 Å². The normalized spacial score (nSPS) is 19.5. The minimum atomic E-state index is 0.0753. The van der Waals surface area contributed by atoms with Crippen LogP contribution in [0.2, 0.25) is 0 Å². The number of carbonyl (C=O) groups excluding carboxylic acids is 1. The first-order valence-corrected chi connectivity index (χ1v) is 7.70. The predicted octanol–water partition coefficient (Wildman–Crippen LogP) is 1.15. The molecule has 0 radical (unpaired) electrons. The van der Waals surface area contributed by atoms with Gasteiger partial charge in [0.1, 0.15) is 0 Å². The molecule has 6 nitrogen and oxygen atoms in total. The van der Waals surface area contributed by atoms with Gasteiger partial charge in [0.05, 0.1) is 28.5 Å². The van der Waals surface area contributed by atoms with E-state index in [1.807, 2.05) is 36.1 Å². The largest absolute Gasteiger partial charge is 0.336 e. The van der Waals surface area contributed by atoms with Crippen molar-refractivity contribution >= 4 is 17.1 Å². The molecule has 2 aliphatic rings. The number of para-hydroxylation sites is 2. The topological polar surface area (TPSA) is 61.4 Å². The number of aromatic nitrogens is 2. The summed E-state index contributed by atoms with van der Waals surface area (Å²) < 4.78 is 0. The Morgan fingerprint density at radius 1 is 1.23 bits per heavy atom. The fraction of sp³-hybridized carbons (Fsp3) is 0.438. The van der Waals surface area contributed by atoms with Gasteiger partial charge in [-0.15, -0.1) is 0 Å². The summed E-state index contributed by atoms with van der Waals surface area (Å²) in [5.74, 6) is 0. The van der Waals surface area contributed by atoms with Gasteiger partial charge in [0.15, 0.2) is 0 Å². The van der Waals surface area contributed by atoms with Gasteiger partial charge >= 0.3 is 6.03 Å². The van der Waals surface area contributed by atoms with E-state index in [0.29, 0.717) is 6.04 Å². The summed E-state index contributed by atoms with van der Waals surface area (Å²) in [5.41, 5.74) is 3.90. The first kappa shape index (κ1) is 13.5. The van der Waals surface area contributed by atoms with Crippen LogP contribution in [0.25, 0.3) is 11.0 Å². The van der Waals surface area contributed by atoms with E-state index in [2.05, 4.69) is 15.2 Å². The van der Waals surface area contributed by atoms with Gasteiger partial charge < -0.3 is 10.2 Å². The molecule has 22 heavy (non-hydrogen) atoms. The number of hydrogen-bond acceptors (Lipinski definition) is 4. The van der Waals surface area contributed by atoms with E-state index in [4.69, 9.17) is 4.98 Å². The Balaban J connectivity index is 1.44. The van der Waals surface area contributed by atoms with Crippen molar-refractivity contribution < 1.29 is 4.79 Å². The molecule has 1 aromatic carbocycles. The van der Waals surface area contributed by atoms with Crippen LogP contribution in [0, 0.1) is 6.92 Å². The Bertz CT molecular complexity index is 726. The highest BCUT2D eigenvalue weighted by molar-refractivity contribution is 5.76. The van der Waals surface area contributed by atoms with Crippen molar-refractivity contribution in [3.63, 3.8) is 0 Å². The Labute approximate surface area is 129 Å². The molecule has 1 N–H and O–H groups in total. The van der Waals surface area contributed by atoms with Gasteiger partial charge in [0, 0.05) is 32.7 Å². The number of nitrogens with zero attached hydrogens (tertiary/aromatic N) is 4. The molecule has 2 aliphatic heterocycles. The van der Waals surface area contributed by atoms with E-state index in [1.165, 1.54) is 0 Å². The zero-order valence-corrected chi connectivity index (χ0v) is 12.6. The number of amides is 2. The second-order valence-corrected chi connectivity index (χ2v) is 6.02.